The largest absolute Gasteiger partial charge is 0.387 e. The molecular formula is C19H22ClN5O4. The van der Waals surface area contributed by atoms with Gasteiger partial charge in [0, 0.05) is 0 Å². The van der Waals surface area contributed by atoms with Crippen molar-refractivity contribution in [3.63, 3.8) is 0 Å². The number of aliphatic hydroxyl groups is 2. The number of benzene rings is 1. The van der Waals surface area contributed by atoms with Crippen molar-refractivity contribution in [1.29, 1.82) is 0 Å². The minimum absolute atomic E-state index is 0.0494. The molecule has 154 valence electrons. The van der Waals surface area contributed by atoms with Crippen molar-refractivity contribution in [1.82, 2.24) is 19.5 Å². The number of ether oxygens (including phenoxy) is 2. The van der Waals surface area contributed by atoms with E-state index in [1.807, 2.05) is 44.2 Å². The first kappa shape index (κ1) is 20.0. The second-order valence-electron chi connectivity index (χ2n) is 7.19. The molecule has 3 heterocycles. The van der Waals surface area contributed by atoms with Crippen molar-refractivity contribution in [2.24, 2.45) is 0 Å². The van der Waals surface area contributed by atoms with Crippen LogP contribution in [0, 0.1) is 0 Å². The Morgan fingerprint density at radius 1 is 1.17 bits per heavy atom. The van der Waals surface area contributed by atoms with E-state index in [1.54, 1.807) is 0 Å². The summed E-state index contributed by atoms with van der Waals surface area (Å²) < 4.78 is 13.6. The van der Waals surface area contributed by atoms with Crippen LogP contribution < -0.4 is 5.73 Å². The molecule has 9 nitrogen and oxygen atoms in total. The van der Waals surface area contributed by atoms with Gasteiger partial charge in [0.1, 0.15) is 29.9 Å². The maximum Gasteiger partial charge on any atom is 0.226 e. The van der Waals surface area contributed by atoms with E-state index in [1.165, 1.54) is 10.9 Å². The fourth-order valence-corrected chi connectivity index (χ4v) is 3.72. The predicted molar refractivity (Wildman–Crippen MR) is 106 cm³/mol. The number of imidazole rings is 1. The summed E-state index contributed by atoms with van der Waals surface area (Å²) in [4.78, 5) is 12.2. The summed E-state index contributed by atoms with van der Waals surface area (Å²) in [6.07, 6.45) is -3.48. The van der Waals surface area contributed by atoms with E-state index in [2.05, 4.69) is 15.0 Å². The zero-order chi connectivity index (χ0) is 20.7. The molecule has 0 unspecified atom stereocenters. The highest BCUT2D eigenvalue weighted by atomic mass is 35.5. The smallest absolute Gasteiger partial charge is 0.226 e. The summed E-state index contributed by atoms with van der Waals surface area (Å²) in [7, 11) is 0. The first-order valence-electron chi connectivity index (χ1n) is 9.24. The standard InChI is InChI=1S/C19H22ClN5O4/c1-9(2)28-14(10-6-4-3-5-7-10)15-12(26)13(27)18(29-15)25-8-22-11-16(21)23-19(20)24-17(11)25/h3-9,12-15,18,26-27H,1-2H3,(H2,21,23,24)/t12-,13+,14+,15-,18+/m0/s1. The molecule has 0 radical (unpaired) electrons. The third-order valence-corrected chi connectivity index (χ3v) is 4.98. The van der Waals surface area contributed by atoms with Crippen LogP contribution in [-0.2, 0) is 9.47 Å². The number of halogens is 1. The monoisotopic (exact) mass is 419 g/mol. The van der Waals surface area contributed by atoms with Crippen LogP contribution in [0.5, 0.6) is 0 Å². The number of aliphatic hydroxyl groups excluding tert-OH is 2. The van der Waals surface area contributed by atoms with Crippen molar-refractivity contribution in [2.45, 2.75) is 50.6 Å². The number of fused-ring (bicyclic) bond motifs is 1. The average Bonchev–Trinajstić information content (AvgIpc) is 3.22. The van der Waals surface area contributed by atoms with Crippen LogP contribution in [0.1, 0.15) is 31.7 Å². The highest BCUT2D eigenvalue weighted by Crippen LogP contribution is 2.39. The molecular weight excluding hydrogens is 398 g/mol. The number of hydrogen-bond acceptors (Lipinski definition) is 8. The summed E-state index contributed by atoms with van der Waals surface area (Å²) >= 11 is 5.92. The lowest BCUT2D eigenvalue weighted by atomic mass is 9.99. The molecule has 1 fully saturated rings. The average molecular weight is 420 g/mol. The Morgan fingerprint density at radius 2 is 1.90 bits per heavy atom. The Hall–Kier alpha value is -2.30. The zero-order valence-electron chi connectivity index (χ0n) is 15.9. The Balaban J connectivity index is 1.70. The lowest BCUT2D eigenvalue weighted by Gasteiger charge is -2.28. The predicted octanol–water partition coefficient (Wildman–Crippen LogP) is 1.85. The van der Waals surface area contributed by atoms with Crippen molar-refractivity contribution in [3.8, 4) is 0 Å². The molecule has 0 bridgehead atoms. The summed E-state index contributed by atoms with van der Waals surface area (Å²) in [5, 5.41) is 21.5. The van der Waals surface area contributed by atoms with Crippen LogP contribution in [0.4, 0.5) is 5.82 Å². The topological polar surface area (TPSA) is 129 Å². The molecule has 1 aromatic carbocycles. The number of nitrogens with two attached hydrogens (primary N) is 1. The van der Waals surface area contributed by atoms with Gasteiger partial charge < -0.3 is 25.4 Å². The van der Waals surface area contributed by atoms with Crippen LogP contribution in [0.3, 0.4) is 0 Å². The minimum atomic E-state index is -1.24. The second kappa shape index (κ2) is 7.85. The number of aromatic nitrogens is 4. The maximum atomic E-state index is 10.8. The summed E-state index contributed by atoms with van der Waals surface area (Å²) in [6.45, 7) is 3.80. The van der Waals surface area contributed by atoms with E-state index in [0.717, 1.165) is 5.56 Å². The van der Waals surface area contributed by atoms with E-state index in [4.69, 9.17) is 26.8 Å². The highest BCUT2D eigenvalue weighted by Gasteiger charge is 2.48. The zero-order valence-corrected chi connectivity index (χ0v) is 16.6. The normalized spacial score (nSPS) is 25.7. The quantitative estimate of drug-likeness (QED) is 0.534. The molecule has 3 aromatic rings. The van der Waals surface area contributed by atoms with Crippen LogP contribution in [0.2, 0.25) is 5.28 Å². The van der Waals surface area contributed by atoms with E-state index < -0.39 is 30.6 Å². The van der Waals surface area contributed by atoms with E-state index in [0.29, 0.717) is 11.2 Å². The van der Waals surface area contributed by atoms with Crippen LogP contribution in [0.25, 0.3) is 11.2 Å². The number of nitrogen functional groups attached to an aromatic ring is 1. The van der Waals surface area contributed by atoms with Gasteiger partial charge in [-0.2, -0.15) is 9.97 Å². The minimum Gasteiger partial charge on any atom is -0.387 e. The van der Waals surface area contributed by atoms with E-state index in [9.17, 15) is 10.2 Å². The van der Waals surface area contributed by atoms with Crippen LogP contribution in [0.15, 0.2) is 36.7 Å². The van der Waals surface area contributed by atoms with Gasteiger partial charge in [-0.1, -0.05) is 30.3 Å². The molecule has 0 amide bonds. The lowest BCUT2D eigenvalue weighted by Crippen LogP contribution is -2.36. The third kappa shape index (κ3) is 3.67. The maximum absolute atomic E-state index is 10.8. The number of hydrogen-bond donors (Lipinski definition) is 3. The molecule has 0 spiro atoms. The first-order valence-corrected chi connectivity index (χ1v) is 9.62. The SMILES string of the molecule is CC(C)O[C@H](c1ccccc1)[C@H]1O[C@@H](n2cnc3c(N)nc(Cl)nc32)[C@H](O)[C@@H]1O. The highest BCUT2D eigenvalue weighted by molar-refractivity contribution is 6.28. The molecule has 10 heteroatoms. The van der Waals surface area contributed by atoms with Gasteiger partial charge in [0.25, 0.3) is 0 Å². The van der Waals surface area contributed by atoms with Gasteiger partial charge in [-0.3, -0.25) is 4.57 Å². The van der Waals surface area contributed by atoms with Gasteiger partial charge in [0.05, 0.1) is 12.4 Å². The second-order valence-corrected chi connectivity index (χ2v) is 7.53. The molecule has 1 saturated heterocycles. The van der Waals surface area contributed by atoms with Gasteiger partial charge in [-0.05, 0) is 31.0 Å². The molecule has 1 aliphatic rings. The van der Waals surface area contributed by atoms with Crippen molar-refractivity contribution in [2.75, 3.05) is 5.73 Å². The van der Waals surface area contributed by atoms with E-state index in [-0.39, 0.29) is 17.2 Å². The van der Waals surface area contributed by atoms with Gasteiger partial charge >= 0.3 is 0 Å². The molecule has 1 aliphatic heterocycles. The van der Waals surface area contributed by atoms with Gasteiger partial charge in [0.2, 0.25) is 5.28 Å². The Labute approximate surface area is 172 Å². The van der Waals surface area contributed by atoms with Gasteiger partial charge in [-0.15, -0.1) is 0 Å². The molecule has 29 heavy (non-hydrogen) atoms. The summed E-state index contributed by atoms with van der Waals surface area (Å²) in [6, 6.07) is 9.44. The number of anilines is 1. The molecule has 5 atom stereocenters. The van der Waals surface area contributed by atoms with Crippen LogP contribution in [-0.4, -0.2) is 54.1 Å². The third-order valence-electron chi connectivity index (χ3n) is 4.82. The molecule has 4 N–H and O–H groups in total. The van der Waals surface area contributed by atoms with Crippen molar-refractivity contribution in [3.05, 3.63) is 47.5 Å². The number of nitrogens with zero attached hydrogens (tertiary/aromatic N) is 4. The van der Waals surface area contributed by atoms with Crippen LogP contribution >= 0.6 is 11.6 Å². The van der Waals surface area contributed by atoms with Gasteiger partial charge in [-0.25, -0.2) is 4.98 Å². The molecule has 0 aliphatic carbocycles. The Bertz CT molecular complexity index is 999. The van der Waals surface area contributed by atoms with E-state index >= 15 is 0 Å². The molecule has 2 aromatic heterocycles. The molecule has 4 rings (SSSR count). The lowest BCUT2D eigenvalue weighted by molar-refractivity contribution is -0.124. The first-order chi connectivity index (χ1) is 13.9. The fraction of sp³-hybridized carbons (Fsp3) is 0.421. The molecule has 0 saturated carbocycles. The summed E-state index contributed by atoms with van der Waals surface area (Å²) in [5.41, 5.74) is 7.33. The Kier molecular flexibility index (Phi) is 5.41. The summed E-state index contributed by atoms with van der Waals surface area (Å²) in [5.74, 6) is 0.119. The fourth-order valence-electron chi connectivity index (χ4n) is 3.54. The number of rotatable bonds is 5. The Morgan fingerprint density at radius 3 is 2.59 bits per heavy atom. The van der Waals surface area contributed by atoms with Crippen molar-refractivity contribution >= 4 is 28.6 Å². The van der Waals surface area contributed by atoms with Gasteiger partial charge in [0.15, 0.2) is 17.7 Å². The van der Waals surface area contributed by atoms with Crippen molar-refractivity contribution < 1.29 is 19.7 Å².